The van der Waals surface area contributed by atoms with Crippen molar-refractivity contribution in [3.63, 3.8) is 0 Å². The zero-order valence-electron chi connectivity index (χ0n) is 25.2. The predicted octanol–water partition coefficient (Wildman–Crippen LogP) is 8.21. The Morgan fingerprint density at radius 3 is 1.69 bits per heavy atom. The molecule has 4 nitrogen and oxygen atoms in total. The van der Waals surface area contributed by atoms with Gasteiger partial charge in [0.05, 0.1) is 10.8 Å². The van der Waals surface area contributed by atoms with Crippen LogP contribution in [0.1, 0.15) is 43.0 Å². The van der Waals surface area contributed by atoms with E-state index >= 15 is 0 Å². The van der Waals surface area contributed by atoms with Gasteiger partial charge in [0, 0.05) is 12.0 Å². The minimum atomic E-state index is -1.89. The summed E-state index contributed by atoms with van der Waals surface area (Å²) in [6, 6.07) is 38.5. The van der Waals surface area contributed by atoms with Crippen LogP contribution in [0.5, 0.6) is 5.75 Å². The summed E-state index contributed by atoms with van der Waals surface area (Å²) in [6.07, 6.45) is 3.53. The SMILES string of the molecule is CC(C)(C)[Si](C)(C)Oc1ccc(/C=C/NC(=O)[C@@H](N)CSC(c2ccccc2)(c2ccccc2)c2ccccc2)cc1. The predicted molar refractivity (Wildman–Crippen MR) is 181 cm³/mol. The van der Waals surface area contributed by atoms with E-state index < -0.39 is 19.1 Å². The number of thioether (sulfide) groups is 1. The van der Waals surface area contributed by atoms with Gasteiger partial charge in [0.1, 0.15) is 5.75 Å². The number of hydrogen-bond acceptors (Lipinski definition) is 4. The average Bonchev–Trinajstić information content (AvgIpc) is 2.99. The topological polar surface area (TPSA) is 64.3 Å². The Morgan fingerprint density at radius 2 is 1.26 bits per heavy atom. The highest BCUT2D eigenvalue weighted by Gasteiger charge is 2.39. The second kappa shape index (κ2) is 13.6. The molecule has 0 heterocycles. The molecule has 0 unspecified atom stereocenters. The molecule has 4 rings (SSSR count). The van der Waals surface area contributed by atoms with E-state index in [9.17, 15) is 4.79 Å². The van der Waals surface area contributed by atoms with E-state index in [1.165, 1.54) is 0 Å². The van der Waals surface area contributed by atoms with Crippen LogP contribution >= 0.6 is 11.8 Å². The van der Waals surface area contributed by atoms with Crippen LogP contribution in [0.4, 0.5) is 0 Å². The van der Waals surface area contributed by atoms with Gasteiger partial charge in [-0.3, -0.25) is 4.79 Å². The number of benzene rings is 4. The maximum Gasteiger partial charge on any atom is 0.250 e. The fourth-order valence-corrected chi connectivity index (χ4v) is 7.00. The van der Waals surface area contributed by atoms with Crippen LogP contribution in [-0.4, -0.2) is 26.0 Å². The van der Waals surface area contributed by atoms with E-state index in [0.29, 0.717) is 5.75 Å². The summed E-state index contributed by atoms with van der Waals surface area (Å²) in [5.41, 5.74) is 10.9. The number of rotatable bonds is 11. The molecule has 0 aliphatic rings. The molecule has 0 bridgehead atoms. The molecule has 0 aromatic heterocycles. The van der Waals surface area contributed by atoms with Crippen molar-refractivity contribution in [2.24, 2.45) is 5.73 Å². The van der Waals surface area contributed by atoms with Crippen LogP contribution in [0.3, 0.4) is 0 Å². The lowest BCUT2D eigenvalue weighted by Crippen LogP contribution is -2.43. The lowest BCUT2D eigenvalue weighted by molar-refractivity contribution is -0.120. The highest BCUT2D eigenvalue weighted by molar-refractivity contribution is 8.00. The second-order valence-corrected chi connectivity index (χ2v) is 17.9. The number of carbonyl (C=O) groups is 1. The summed E-state index contributed by atoms with van der Waals surface area (Å²) >= 11 is 1.68. The minimum absolute atomic E-state index is 0.135. The van der Waals surface area contributed by atoms with Gasteiger partial charge in [-0.15, -0.1) is 11.8 Å². The Morgan fingerprint density at radius 1 is 0.810 bits per heavy atom. The van der Waals surface area contributed by atoms with E-state index in [4.69, 9.17) is 10.2 Å². The molecule has 0 aliphatic heterocycles. The van der Waals surface area contributed by atoms with Gasteiger partial charge in [-0.25, -0.2) is 0 Å². The third-order valence-electron chi connectivity index (χ3n) is 7.92. The van der Waals surface area contributed by atoms with E-state index in [-0.39, 0.29) is 10.9 Å². The smallest absolute Gasteiger partial charge is 0.250 e. The monoisotopic (exact) mass is 594 g/mol. The molecule has 0 radical (unpaired) electrons. The van der Waals surface area contributed by atoms with Gasteiger partial charge in [0.2, 0.25) is 14.2 Å². The summed E-state index contributed by atoms with van der Waals surface area (Å²) in [7, 11) is -1.89. The van der Waals surface area contributed by atoms with Gasteiger partial charge in [0.15, 0.2) is 0 Å². The van der Waals surface area contributed by atoms with Gasteiger partial charge < -0.3 is 15.5 Å². The maximum atomic E-state index is 13.0. The molecule has 1 atom stereocenters. The number of hydrogen-bond donors (Lipinski definition) is 2. The van der Waals surface area contributed by atoms with Crippen molar-refractivity contribution in [2.45, 2.75) is 49.7 Å². The molecule has 0 saturated heterocycles. The number of nitrogens with two attached hydrogens (primary N) is 1. The van der Waals surface area contributed by atoms with Crippen LogP contribution < -0.4 is 15.5 Å². The summed E-state index contributed by atoms with van der Waals surface area (Å²) < 4.78 is 5.85. The molecule has 0 fully saturated rings. The number of carbonyl (C=O) groups excluding carboxylic acids is 1. The standard InChI is InChI=1S/C36H42N2O2SSi/c1-35(2,3)42(4,5)40-32-23-21-28(22-24-32)25-26-38-34(39)33(37)27-41-36(29-15-9-6-10-16-29,30-17-11-7-12-18-30)31-19-13-8-14-20-31/h6-26,33H,27,37H2,1-5H3,(H,38,39)/b26-25+/t33-/m0/s1. The van der Waals surface area contributed by atoms with Crippen molar-refractivity contribution in [1.82, 2.24) is 5.32 Å². The molecule has 0 saturated carbocycles. The van der Waals surface area contributed by atoms with Gasteiger partial charge in [0.25, 0.3) is 0 Å². The van der Waals surface area contributed by atoms with Crippen molar-refractivity contribution in [1.29, 1.82) is 0 Å². The van der Waals surface area contributed by atoms with Crippen LogP contribution in [0.2, 0.25) is 18.1 Å². The Hall–Kier alpha value is -3.58. The number of nitrogens with one attached hydrogen (secondary N) is 1. The molecule has 4 aromatic carbocycles. The molecule has 6 heteroatoms. The fourth-order valence-electron chi connectivity index (χ4n) is 4.48. The van der Waals surface area contributed by atoms with E-state index in [1.807, 2.05) is 48.5 Å². The average molecular weight is 595 g/mol. The third-order valence-corrected chi connectivity index (χ3v) is 13.9. The lowest BCUT2D eigenvalue weighted by atomic mass is 9.84. The first-order chi connectivity index (χ1) is 20.0. The largest absolute Gasteiger partial charge is 0.544 e. The first-order valence-corrected chi connectivity index (χ1v) is 18.2. The molecule has 3 N–H and O–H groups in total. The zero-order chi connectivity index (χ0) is 30.2. The summed E-state index contributed by atoms with van der Waals surface area (Å²) in [5.74, 6) is 1.08. The van der Waals surface area contributed by atoms with Crippen LogP contribution in [0, 0.1) is 0 Å². The van der Waals surface area contributed by atoms with Gasteiger partial charge >= 0.3 is 0 Å². The van der Waals surface area contributed by atoms with E-state index in [2.05, 4.69) is 112 Å². The highest BCUT2D eigenvalue weighted by Crippen LogP contribution is 2.48. The van der Waals surface area contributed by atoms with Crippen molar-refractivity contribution in [3.05, 3.63) is 144 Å². The van der Waals surface area contributed by atoms with Gasteiger partial charge in [-0.05, 0) is 58.6 Å². The first kappa shape index (κ1) is 31.4. The Bertz CT molecular complexity index is 1350. The van der Waals surface area contributed by atoms with Crippen molar-refractivity contribution >= 4 is 32.1 Å². The van der Waals surface area contributed by atoms with Gasteiger partial charge in [-0.1, -0.05) is 124 Å². The number of amides is 1. The molecule has 42 heavy (non-hydrogen) atoms. The highest BCUT2D eigenvalue weighted by atomic mass is 32.2. The molecule has 0 spiro atoms. The molecular formula is C36H42N2O2SSi. The second-order valence-electron chi connectivity index (χ2n) is 12.0. The zero-order valence-corrected chi connectivity index (χ0v) is 27.0. The summed E-state index contributed by atoms with van der Waals surface area (Å²) in [6.45, 7) is 11.2. The fraction of sp³-hybridized carbons (Fsp3) is 0.250. The Kier molecular flexibility index (Phi) is 10.1. The Balaban J connectivity index is 1.46. The van der Waals surface area contributed by atoms with Crippen molar-refractivity contribution in [3.8, 4) is 5.75 Å². The van der Waals surface area contributed by atoms with E-state index in [0.717, 1.165) is 28.0 Å². The van der Waals surface area contributed by atoms with Gasteiger partial charge in [-0.2, -0.15) is 0 Å². The molecule has 218 valence electrons. The molecule has 4 aromatic rings. The third kappa shape index (κ3) is 7.43. The summed E-state index contributed by atoms with van der Waals surface area (Å²) in [5, 5.41) is 3.01. The molecular weight excluding hydrogens is 553 g/mol. The van der Waals surface area contributed by atoms with Crippen LogP contribution in [0.25, 0.3) is 6.08 Å². The Labute approximate surface area is 256 Å². The summed E-state index contributed by atoms with van der Waals surface area (Å²) in [4.78, 5) is 13.0. The van der Waals surface area contributed by atoms with Crippen molar-refractivity contribution < 1.29 is 9.22 Å². The van der Waals surface area contributed by atoms with Crippen LogP contribution in [0.15, 0.2) is 121 Å². The molecule has 1 amide bonds. The maximum absolute atomic E-state index is 13.0. The van der Waals surface area contributed by atoms with Crippen LogP contribution in [-0.2, 0) is 9.54 Å². The molecule has 0 aliphatic carbocycles. The normalized spacial score (nSPS) is 13.1. The minimum Gasteiger partial charge on any atom is -0.544 e. The lowest BCUT2D eigenvalue weighted by Gasteiger charge is -2.36. The van der Waals surface area contributed by atoms with E-state index in [1.54, 1.807) is 18.0 Å². The first-order valence-electron chi connectivity index (χ1n) is 14.3. The van der Waals surface area contributed by atoms with Crippen molar-refractivity contribution in [2.75, 3.05) is 5.75 Å². The quantitative estimate of drug-likeness (QED) is 0.136.